The Morgan fingerprint density at radius 1 is 0.750 bits per heavy atom. The number of carbonyl (C=O) groups is 2. The first-order valence-corrected chi connectivity index (χ1v) is 17.9. The molecule has 19 heteroatoms. The number of aryl methyl sites for hydroxylation is 2. The van der Waals surface area contributed by atoms with Gasteiger partial charge in [-0.05, 0) is 55.0 Å². The SMILES string of the molecule is C#Cc1cn2c(-c3ccc(C(=O)CCC(F)F)c(C)c3)cnc2c(NCCC(F)(F)F)n1.C#Cc1cn2c(-c3ccc(C(=O)O)c(C)c3)cnc2c(NCCC(F)(F)F)n1. The largest absolute Gasteiger partial charge is 0.478 e. The van der Waals surface area contributed by atoms with Gasteiger partial charge in [-0.1, -0.05) is 18.2 Å². The summed E-state index contributed by atoms with van der Waals surface area (Å²) in [5, 5.41) is 14.4. The first-order chi connectivity index (χ1) is 28.3. The highest BCUT2D eigenvalue weighted by Gasteiger charge is 2.28. The third-order valence-corrected chi connectivity index (χ3v) is 8.85. The summed E-state index contributed by atoms with van der Waals surface area (Å²) >= 11 is 0. The second-order valence-corrected chi connectivity index (χ2v) is 13.2. The maximum absolute atomic E-state index is 12.5. The fourth-order valence-electron chi connectivity index (χ4n) is 6.00. The van der Waals surface area contributed by atoms with Crippen molar-refractivity contribution in [3.05, 3.63) is 94.8 Å². The van der Waals surface area contributed by atoms with Gasteiger partial charge >= 0.3 is 18.3 Å². The Morgan fingerprint density at radius 2 is 1.18 bits per heavy atom. The highest BCUT2D eigenvalue weighted by atomic mass is 19.4. The zero-order chi connectivity index (χ0) is 43.9. The Balaban J connectivity index is 0.000000230. The second kappa shape index (κ2) is 18.3. The van der Waals surface area contributed by atoms with Crippen LogP contribution < -0.4 is 10.6 Å². The molecule has 2 aromatic carbocycles. The van der Waals surface area contributed by atoms with Crippen LogP contribution in [0.15, 0.2) is 61.2 Å². The van der Waals surface area contributed by atoms with Gasteiger partial charge in [0.15, 0.2) is 28.7 Å². The van der Waals surface area contributed by atoms with Gasteiger partial charge in [-0.15, -0.1) is 12.8 Å². The van der Waals surface area contributed by atoms with Crippen LogP contribution in [0.25, 0.3) is 33.8 Å². The summed E-state index contributed by atoms with van der Waals surface area (Å²) < 4.78 is 103. The van der Waals surface area contributed by atoms with E-state index in [1.807, 2.05) is 0 Å². The van der Waals surface area contributed by atoms with E-state index in [1.54, 1.807) is 59.2 Å². The molecule has 4 aromatic heterocycles. The Bertz CT molecular complexity index is 2640. The number of benzene rings is 2. The minimum atomic E-state index is -4.32. The number of nitrogens with zero attached hydrogens (tertiary/aromatic N) is 6. The van der Waals surface area contributed by atoms with Crippen LogP contribution in [-0.2, 0) is 0 Å². The van der Waals surface area contributed by atoms with Gasteiger partial charge in [0.25, 0.3) is 0 Å². The molecular formula is C41H34F8N8O3. The molecule has 0 spiro atoms. The van der Waals surface area contributed by atoms with Gasteiger partial charge in [-0.2, -0.15) is 26.3 Å². The predicted octanol–water partition coefficient (Wildman–Crippen LogP) is 9.03. The van der Waals surface area contributed by atoms with E-state index in [0.717, 1.165) is 0 Å². The monoisotopic (exact) mass is 838 g/mol. The molecule has 0 atom stereocenters. The number of anilines is 2. The highest BCUT2D eigenvalue weighted by molar-refractivity contribution is 5.98. The molecule has 6 rings (SSSR count). The van der Waals surface area contributed by atoms with Crippen molar-refractivity contribution >= 4 is 34.7 Å². The number of hydrogen-bond acceptors (Lipinski definition) is 8. The van der Waals surface area contributed by atoms with E-state index in [0.29, 0.717) is 44.9 Å². The zero-order valence-electron chi connectivity index (χ0n) is 31.7. The van der Waals surface area contributed by atoms with Crippen molar-refractivity contribution < 1.29 is 49.8 Å². The standard InChI is InChI=1S/C22H19F5N4O.C19H15F3N4O2/c1-3-15-12-31-17(11-29-21(31)20(30-15)28-9-8-22(25,26)27)14-4-5-16(13(2)10-14)18(32)6-7-19(23)24;1-3-13-10-26-15(12-4-5-14(18(27)28)11(2)8-12)9-24-17(26)16(25-13)23-7-6-19(20,21)22/h1,4-5,10-12,19H,6-9H2,2H3,(H,28,30);1,4-5,8-10H,6-7H2,2H3,(H,23,25)(H,27,28). The molecule has 6 aromatic rings. The van der Waals surface area contributed by atoms with E-state index in [1.165, 1.54) is 24.7 Å². The Labute approximate surface area is 336 Å². The number of nitrogens with one attached hydrogen (secondary N) is 2. The lowest BCUT2D eigenvalue weighted by atomic mass is 9.98. The lowest BCUT2D eigenvalue weighted by Gasteiger charge is -2.11. The molecule has 0 bridgehead atoms. The summed E-state index contributed by atoms with van der Waals surface area (Å²) in [5.74, 6) is 3.59. The summed E-state index contributed by atoms with van der Waals surface area (Å²) in [5.41, 5.74) is 5.25. The van der Waals surface area contributed by atoms with Crippen LogP contribution in [0.4, 0.5) is 46.8 Å². The number of carbonyl (C=O) groups excluding carboxylic acids is 1. The minimum Gasteiger partial charge on any atom is -0.478 e. The third kappa shape index (κ3) is 10.9. The van der Waals surface area contributed by atoms with Crippen LogP contribution in [0, 0.1) is 38.5 Å². The summed E-state index contributed by atoms with van der Waals surface area (Å²) in [6.45, 7) is 2.61. The second-order valence-electron chi connectivity index (χ2n) is 13.2. The van der Waals surface area contributed by atoms with Crippen LogP contribution >= 0.6 is 0 Å². The molecule has 60 heavy (non-hydrogen) atoms. The third-order valence-electron chi connectivity index (χ3n) is 8.85. The van der Waals surface area contributed by atoms with Gasteiger partial charge in [0.2, 0.25) is 6.43 Å². The van der Waals surface area contributed by atoms with E-state index >= 15 is 0 Å². The van der Waals surface area contributed by atoms with Crippen molar-refractivity contribution in [1.82, 2.24) is 28.7 Å². The molecule has 312 valence electrons. The maximum Gasteiger partial charge on any atom is 0.390 e. The fraction of sp³-hybridized carbons (Fsp3) is 0.268. The number of ketones is 1. The number of hydrogen-bond donors (Lipinski definition) is 3. The first kappa shape index (κ1) is 44.1. The molecule has 0 aliphatic carbocycles. The fourth-order valence-corrected chi connectivity index (χ4v) is 6.00. The Morgan fingerprint density at radius 3 is 1.55 bits per heavy atom. The van der Waals surface area contributed by atoms with Crippen LogP contribution in [-0.4, -0.2) is 77.5 Å². The van der Waals surface area contributed by atoms with E-state index in [4.69, 9.17) is 18.0 Å². The molecule has 0 saturated heterocycles. The number of aromatic carboxylic acids is 1. The molecule has 4 heterocycles. The zero-order valence-corrected chi connectivity index (χ0v) is 31.7. The van der Waals surface area contributed by atoms with E-state index < -0.39 is 50.6 Å². The van der Waals surface area contributed by atoms with Crippen molar-refractivity contribution in [2.45, 2.75) is 58.3 Å². The molecule has 11 nitrogen and oxygen atoms in total. The summed E-state index contributed by atoms with van der Waals surface area (Å²) in [6, 6.07) is 9.73. The molecule has 3 N–H and O–H groups in total. The minimum absolute atomic E-state index is 0.117. The van der Waals surface area contributed by atoms with Gasteiger partial charge in [0.05, 0.1) is 42.2 Å². The summed E-state index contributed by atoms with van der Waals surface area (Å²) in [6.07, 6.45) is 3.01. The Kier molecular flexibility index (Phi) is 13.4. The van der Waals surface area contributed by atoms with Crippen molar-refractivity contribution in [1.29, 1.82) is 0 Å². The van der Waals surface area contributed by atoms with Crippen LogP contribution in [0.1, 0.15) is 68.9 Å². The number of imidazole rings is 2. The summed E-state index contributed by atoms with van der Waals surface area (Å²) in [4.78, 5) is 40.2. The average Bonchev–Trinajstić information content (AvgIpc) is 3.81. The van der Waals surface area contributed by atoms with Gasteiger partial charge in [0.1, 0.15) is 11.4 Å². The number of aromatic nitrogens is 6. The lowest BCUT2D eigenvalue weighted by Crippen LogP contribution is -2.16. The number of fused-ring (bicyclic) bond motifs is 2. The van der Waals surface area contributed by atoms with Crippen molar-refractivity contribution in [3.8, 4) is 47.2 Å². The number of halogens is 8. The summed E-state index contributed by atoms with van der Waals surface area (Å²) in [7, 11) is 0. The number of carboxylic acid groups (broad SMARTS) is 1. The van der Waals surface area contributed by atoms with E-state index in [9.17, 15) is 44.7 Å². The van der Waals surface area contributed by atoms with Crippen LogP contribution in [0.5, 0.6) is 0 Å². The molecule has 0 aliphatic heterocycles. The topological polar surface area (TPSA) is 139 Å². The smallest absolute Gasteiger partial charge is 0.390 e. The van der Waals surface area contributed by atoms with Crippen molar-refractivity contribution in [2.24, 2.45) is 0 Å². The molecule has 0 amide bonds. The number of Topliss-reactive ketones (excluding diaryl/α,β-unsaturated/α-hetero) is 1. The van der Waals surface area contributed by atoms with Crippen molar-refractivity contribution in [3.63, 3.8) is 0 Å². The predicted molar refractivity (Wildman–Crippen MR) is 207 cm³/mol. The number of rotatable bonds is 13. The van der Waals surface area contributed by atoms with Crippen LogP contribution in [0.3, 0.4) is 0 Å². The number of carboxylic acids is 1. The van der Waals surface area contributed by atoms with Crippen molar-refractivity contribution in [2.75, 3.05) is 23.7 Å². The van der Waals surface area contributed by atoms with Gasteiger partial charge in [-0.3, -0.25) is 13.6 Å². The Hall–Kier alpha value is -7.02. The first-order valence-electron chi connectivity index (χ1n) is 17.9. The molecule has 0 fully saturated rings. The molecule has 0 unspecified atom stereocenters. The molecule has 0 aliphatic rings. The van der Waals surface area contributed by atoms with E-state index in [2.05, 4.69) is 42.4 Å². The average molecular weight is 839 g/mol. The quantitative estimate of drug-likeness (QED) is 0.0591. The van der Waals surface area contributed by atoms with Gasteiger partial charge in [-0.25, -0.2) is 33.5 Å². The number of terminal acetylenes is 2. The van der Waals surface area contributed by atoms with Crippen LogP contribution in [0.2, 0.25) is 0 Å². The maximum atomic E-state index is 12.5. The normalized spacial score (nSPS) is 11.6. The molecular weight excluding hydrogens is 804 g/mol. The molecule has 0 saturated carbocycles. The van der Waals surface area contributed by atoms with E-state index in [-0.39, 0.29) is 53.0 Å². The number of alkyl halides is 8. The highest BCUT2D eigenvalue weighted by Crippen LogP contribution is 2.29. The molecule has 0 radical (unpaired) electrons. The van der Waals surface area contributed by atoms with Gasteiger partial charge < -0.3 is 15.7 Å². The van der Waals surface area contributed by atoms with Gasteiger partial charge in [0, 0.05) is 55.0 Å². The lowest BCUT2D eigenvalue weighted by molar-refractivity contribution is -0.132.